The van der Waals surface area contributed by atoms with E-state index in [2.05, 4.69) is 16.0 Å². The molecule has 1 aromatic carbocycles. The molecule has 0 bridgehead atoms. The van der Waals surface area contributed by atoms with E-state index in [0.29, 0.717) is 5.75 Å². The Labute approximate surface area is 124 Å². The van der Waals surface area contributed by atoms with Crippen molar-refractivity contribution in [2.24, 2.45) is 5.92 Å². The molecule has 0 spiro atoms. The highest BCUT2D eigenvalue weighted by atomic mass is 16.5. The molecule has 1 heterocycles. The highest BCUT2D eigenvalue weighted by Crippen LogP contribution is 2.18. The van der Waals surface area contributed by atoms with Gasteiger partial charge in [0.05, 0.1) is 0 Å². The van der Waals surface area contributed by atoms with Crippen molar-refractivity contribution in [1.29, 1.82) is 0 Å². The average Bonchev–Trinajstić information content (AvgIpc) is 2.54. The highest BCUT2D eigenvalue weighted by molar-refractivity contribution is 5.92. The maximum atomic E-state index is 12.1. The largest absolute Gasteiger partial charge is 0.484 e. The lowest BCUT2D eigenvalue weighted by atomic mass is 9.97. The van der Waals surface area contributed by atoms with Crippen LogP contribution in [0.2, 0.25) is 0 Å². The molecule has 1 aromatic rings. The van der Waals surface area contributed by atoms with Gasteiger partial charge in [-0.3, -0.25) is 9.59 Å². The maximum absolute atomic E-state index is 12.1. The van der Waals surface area contributed by atoms with Crippen LogP contribution in [0.3, 0.4) is 0 Å². The molecule has 0 radical (unpaired) electrons. The average molecular weight is 291 g/mol. The molecule has 1 aliphatic rings. The van der Waals surface area contributed by atoms with Crippen molar-refractivity contribution in [3.63, 3.8) is 0 Å². The first-order valence-corrected chi connectivity index (χ1v) is 7.14. The second-order valence-electron chi connectivity index (χ2n) is 5.00. The summed E-state index contributed by atoms with van der Waals surface area (Å²) >= 11 is 0. The Balaban J connectivity index is 1.84. The lowest BCUT2D eigenvalue weighted by Crippen LogP contribution is -2.34. The molecule has 1 fully saturated rings. The number of amides is 2. The molecule has 1 aliphatic heterocycles. The van der Waals surface area contributed by atoms with Crippen LogP contribution in [-0.4, -0.2) is 38.6 Å². The number of carbonyl (C=O) groups excluding carboxylic acids is 2. The lowest BCUT2D eigenvalue weighted by Gasteiger charge is -2.21. The Morgan fingerprint density at radius 1 is 1.24 bits per heavy atom. The van der Waals surface area contributed by atoms with Gasteiger partial charge in [-0.2, -0.15) is 0 Å². The lowest BCUT2D eigenvalue weighted by molar-refractivity contribution is -0.122. The summed E-state index contributed by atoms with van der Waals surface area (Å²) in [5.41, 5.74) is 0.742. The van der Waals surface area contributed by atoms with E-state index < -0.39 is 0 Å². The number of rotatable bonds is 5. The quantitative estimate of drug-likeness (QED) is 0.748. The van der Waals surface area contributed by atoms with E-state index in [9.17, 15) is 9.59 Å². The Morgan fingerprint density at radius 2 is 1.90 bits per heavy atom. The smallest absolute Gasteiger partial charge is 0.257 e. The Hall–Kier alpha value is -2.08. The zero-order valence-electron chi connectivity index (χ0n) is 12.1. The third-order valence-electron chi connectivity index (χ3n) is 3.48. The van der Waals surface area contributed by atoms with Gasteiger partial charge in [-0.15, -0.1) is 0 Å². The number of carbonyl (C=O) groups is 2. The minimum Gasteiger partial charge on any atom is -0.484 e. The number of hydrogen-bond acceptors (Lipinski definition) is 4. The molecule has 2 rings (SSSR count). The van der Waals surface area contributed by atoms with Crippen molar-refractivity contribution < 1.29 is 14.3 Å². The van der Waals surface area contributed by atoms with Crippen LogP contribution in [0, 0.1) is 5.92 Å². The predicted molar refractivity (Wildman–Crippen MR) is 80.2 cm³/mol. The molecule has 0 unspecified atom stereocenters. The van der Waals surface area contributed by atoms with Crippen LogP contribution in [0.15, 0.2) is 24.3 Å². The van der Waals surface area contributed by atoms with E-state index in [1.165, 1.54) is 0 Å². The van der Waals surface area contributed by atoms with Crippen molar-refractivity contribution in [3.05, 3.63) is 24.3 Å². The topological polar surface area (TPSA) is 79.5 Å². The normalized spacial score (nSPS) is 15.3. The van der Waals surface area contributed by atoms with Gasteiger partial charge in [-0.25, -0.2) is 0 Å². The summed E-state index contributed by atoms with van der Waals surface area (Å²) in [5, 5.41) is 8.64. The number of anilines is 1. The van der Waals surface area contributed by atoms with Gasteiger partial charge in [-0.05, 0) is 50.2 Å². The zero-order valence-corrected chi connectivity index (χ0v) is 12.1. The Bertz CT molecular complexity index is 481. The summed E-state index contributed by atoms with van der Waals surface area (Å²) in [6, 6.07) is 7.03. The molecule has 0 aliphatic carbocycles. The van der Waals surface area contributed by atoms with Gasteiger partial charge < -0.3 is 20.7 Å². The molecular weight excluding hydrogens is 270 g/mol. The fraction of sp³-hybridized carbons (Fsp3) is 0.467. The molecule has 6 heteroatoms. The monoisotopic (exact) mass is 291 g/mol. The SMILES string of the molecule is CNC(=O)COc1ccc(NC(=O)C2CCNCC2)cc1. The van der Waals surface area contributed by atoms with Crippen molar-refractivity contribution in [1.82, 2.24) is 10.6 Å². The van der Waals surface area contributed by atoms with Gasteiger partial charge in [0.1, 0.15) is 5.75 Å². The second-order valence-corrected chi connectivity index (χ2v) is 5.00. The van der Waals surface area contributed by atoms with E-state index in [1.807, 2.05) is 0 Å². The van der Waals surface area contributed by atoms with Crippen LogP contribution >= 0.6 is 0 Å². The second kappa shape index (κ2) is 7.64. The fourth-order valence-electron chi connectivity index (χ4n) is 2.18. The Kier molecular flexibility index (Phi) is 5.57. The number of hydrogen-bond donors (Lipinski definition) is 3. The number of ether oxygens (including phenoxy) is 1. The first-order valence-electron chi connectivity index (χ1n) is 7.14. The van der Waals surface area contributed by atoms with E-state index in [-0.39, 0.29) is 24.3 Å². The molecule has 0 aromatic heterocycles. The summed E-state index contributed by atoms with van der Waals surface area (Å²) in [7, 11) is 1.56. The molecule has 0 saturated carbocycles. The number of likely N-dealkylation sites (N-methyl/N-ethyl adjacent to an activating group) is 1. The molecular formula is C15H21N3O3. The number of piperidine rings is 1. The summed E-state index contributed by atoms with van der Waals surface area (Å²) in [5.74, 6) is 0.558. The van der Waals surface area contributed by atoms with Gasteiger partial charge in [0.2, 0.25) is 5.91 Å². The van der Waals surface area contributed by atoms with Crippen LogP contribution in [0.1, 0.15) is 12.8 Å². The van der Waals surface area contributed by atoms with E-state index in [0.717, 1.165) is 31.6 Å². The van der Waals surface area contributed by atoms with Crippen LogP contribution in [0.4, 0.5) is 5.69 Å². The van der Waals surface area contributed by atoms with Gasteiger partial charge in [-0.1, -0.05) is 0 Å². The molecule has 114 valence electrons. The number of nitrogens with one attached hydrogen (secondary N) is 3. The fourth-order valence-corrected chi connectivity index (χ4v) is 2.18. The number of benzene rings is 1. The minimum absolute atomic E-state index is 0.0166. The summed E-state index contributed by atoms with van der Waals surface area (Å²) in [4.78, 5) is 23.2. The molecule has 0 atom stereocenters. The summed E-state index contributed by atoms with van der Waals surface area (Å²) in [6.07, 6.45) is 1.75. The zero-order chi connectivity index (χ0) is 15.1. The third kappa shape index (κ3) is 4.75. The van der Waals surface area contributed by atoms with Gasteiger partial charge in [0.25, 0.3) is 5.91 Å². The predicted octanol–water partition coefficient (Wildman–Crippen LogP) is 0.749. The van der Waals surface area contributed by atoms with E-state index in [1.54, 1.807) is 31.3 Å². The molecule has 2 amide bonds. The first kappa shape index (κ1) is 15.3. The standard InChI is InChI=1S/C15H21N3O3/c1-16-14(19)10-21-13-4-2-12(3-5-13)18-15(20)11-6-8-17-9-7-11/h2-5,11,17H,6-10H2,1H3,(H,16,19)(H,18,20). The Morgan fingerprint density at radius 3 is 2.52 bits per heavy atom. The first-order chi connectivity index (χ1) is 10.2. The minimum atomic E-state index is -0.182. The van der Waals surface area contributed by atoms with Crippen molar-refractivity contribution >= 4 is 17.5 Å². The van der Waals surface area contributed by atoms with Gasteiger partial charge in [0, 0.05) is 18.7 Å². The molecule has 1 saturated heterocycles. The highest BCUT2D eigenvalue weighted by Gasteiger charge is 2.20. The van der Waals surface area contributed by atoms with Gasteiger partial charge >= 0.3 is 0 Å². The van der Waals surface area contributed by atoms with Crippen molar-refractivity contribution in [3.8, 4) is 5.75 Å². The van der Waals surface area contributed by atoms with E-state index in [4.69, 9.17) is 4.74 Å². The third-order valence-corrected chi connectivity index (χ3v) is 3.48. The van der Waals surface area contributed by atoms with Crippen LogP contribution < -0.4 is 20.7 Å². The van der Waals surface area contributed by atoms with Crippen LogP contribution in [-0.2, 0) is 9.59 Å². The van der Waals surface area contributed by atoms with Crippen molar-refractivity contribution in [2.75, 3.05) is 32.1 Å². The molecule has 21 heavy (non-hydrogen) atoms. The molecule has 3 N–H and O–H groups in total. The maximum Gasteiger partial charge on any atom is 0.257 e. The van der Waals surface area contributed by atoms with E-state index >= 15 is 0 Å². The van der Waals surface area contributed by atoms with Crippen LogP contribution in [0.25, 0.3) is 0 Å². The summed E-state index contributed by atoms with van der Waals surface area (Å²) in [6.45, 7) is 1.77. The van der Waals surface area contributed by atoms with Gasteiger partial charge in [0.15, 0.2) is 6.61 Å². The van der Waals surface area contributed by atoms with Crippen molar-refractivity contribution in [2.45, 2.75) is 12.8 Å². The molecule has 6 nitrogen and oxygen atoms in total. The summed E-state index contributed by atoms with van der Waals surface area (Å²) < 4.78 is 5.30. The van der Waals surface area contributed by atoms with Crippen LogP contribution in [0.5, 0.6) is 5.75 Å².